The lowest BCUT2D eigenvalue weighted by Gasteiger charge is -2.16. The van der Waals surface area contributed by atoms with E-state index in [-0.39, 0.29) is 0 Å². The molecule has 0 N–H and O–H groups in total. The monoisotopic (exact) mass is 201 g/mol. The molecule has 1 aromatic heterocycles. The molecule has 0 spiro atoms. The highest BCUT2D eigenvalue weighted by Gasteiger charge is 1.98. The Morgan fingerprint density at radius 3 is 2.53 bits per heavy atom. The molecule has 2 aromatic rings. The van der Waals surface area contributed by atoms with Crippen LogP contribution in [0.2, 0.25) is 0 Å². The molecule has 3 heteroatoms. The summed E-state index contributed by atoms with van der Waals surface area (Å²) in [5.74, 6) is 0. The molecular formula is C12H15N3. The predicted octanol–water partition coefficient (Wildman–Crippen LogP) is 2.33. The maximum atomic E-state index is 4.02. The van der Waals surface area contributed by atoms with E-state index in [2.05, 4.69) is 48.1 Å². The molecule has 0 bridgehead atoms. The summed E-state index contributed by atoms with van der Waals surface area (Å²) >= 11 is 0. The van der Waals surface area contributed by atoms with Gasteiger partial charge in [0.1, 0.15) is 0 Å². The molecule has 0 aliphatic heterocycles. The largest absolute Gasteiger partial charge is 0.375 e. The number of anilines is 1. The minimum atomic E-state index is 1.02. The highest BCUT2D eigenvalue weighted by Crippen LogP contribution is 2.15. The van der Waals surface area contributed by atoms with Crippen molar-refractivity contribution in [2.45, 2.75) is 6.92 Å². The molecule has 0 aliphatic carbocycles. The predicted molar refractivity (Wildman–Crippen MR) is 62.5 cm³/mol. The van der Waals surface area contributed by atoms with Crippen molar-refractivity contribution < 1.29 is 0 Å². The van der Waals surface area contributed by atoms with Crippen molar-refractivity contribution in [3.05, 3.63) is 43.0 Å². The van der Waals surface area contributed by atoms with E-state index in [1.54, 1.807) is 12.5 Å². The van der Waals surface area contributed by atoms with Crippen LogP contribution in [0.25, 0.3) is 5.69 Å². The smallest absolute Gasteiger partial charge is 0.0991 e. The van der Waals surface area contributed by atoms with Crippen LogP contribution in [0.15, 0.2) is 43.0 Å². The first-order valence-electron chi connectivity index (χ1n) is 5.11. The number of nitrogens with zero attached hydrogens (tertiary/aromatic N) is 3. The Labute approximate surface area is 90.0 Å². The third kappa shape index (κ3) is 2.01. The average molecular weight is 201 g/mol. The molecule has 0 fully saturated rings. The number of imidazole rings is 1. The van der Waals surface area contributed by atoms with E-state index < -0.39 is 0 Å². The van der Waals surface area contributed by atoms with Gasteiger partial charge in [0.15, 0.2) is 0 Å². The van der Waals surface area contributed by atoms with Gasteiger partial charge in [-0.15, -0.1) is 0 Å². The van der Waals surface area contributed by atoms with Gasteiger partial charge in [-0.2, -0.15) is 0 Å². The Bertz CT molecular complexity index is 403. The summed E-state index contributed by atoms with van der Waals surface area (Å²) in [7, 11) is 2.09. The van der Waals surface area contributed by atoms with Crippen molar-refractivity contribution in [1.29, 1.82) is 0 Å². The molecule has 2 rings (SSSR count). The third-order valence-electron chi connectivity index (χ3n) is 2.57. The molecule has 0 saturated heterocycles. The van der Waals surface area contributed by atoms with Crippen molar-refractivity contribution in [3.63, 3.8) is 0 Å². The Hall–Kier alpha value is -1.77. The maximum absolute atomic E-state index is 4.02. The van der Waals surface area contributed by atoms with E-state index >= 15 is 0 Å². The molecule has 0 radical (unpaired) electrons. The molecule has 0 saturated carbocycles. The molecular weight excluding hydrogens is 186 g/mol. The second-order valence-electron chi connectivity index (χ2n) is 3.50. The molecule has 1 aromatic carbocycles. The fraction of sp³-hybridized carbons (Fsp3) is 0.250. The van der Waals surface area contributed by atoms with E-state index in [1.165, 1.54) is 5.69 Å². The van der Waals surface area contributed by atoms with E-state index in [1.807, 2.05) is 10.8 Å². The zero-order valence-corrected chi connectivity index (χ0v) is 9.09. The first-order chi connectivity index (χ1) is 7.31. The summed E-state index contributed by atoms with van der Waals surface area (Å²) < 4.78 is 2.00. The van der Waals surface area contributed by atoms with Gasteiger partial charge in [0.05, 0.1) is 6.33 Å². The van der Waals surface area contributed by atoms with Crippen LogP contribution in [0.4, 0.5) is 5.69 Å². The third-order valence-corrected chi connectivity index (χ3v) is 2.57. The van der Waals surface area contributed by atoms with Gasteiger partial charge in [-0.05, 0) is 31.2 Å². The summed E-state index contributed by atoms with van der Waals surface area (Å²) in [6.45, 7) is 3.16. The molecule has 0 amide bonds. The standard InChI is InChI=1S/C12H15N3/c1-3-14(2)11-4-6-12(7-5-11)15-9-8-13-10-15/h4-10H,3H2,1-2H3. The van der Waals surface area contributed by atoms with E-state index in [4.69, 9.17) is 0 Å². The number of rotatable bonds is 3. The van der Waals surface area contributed by atoms with Crippen molar-refractivity contribution in [2.24, 2.45) is 0 Å². The molecule has 3 nitrogen and oxygen atoms in total. The topological polar surface area (TPSA) is 21.1 Å². The molecule has 0 aliphatic rings. The SMILES string of the molecule is CCN(C)c1ccc(-n2ccnc2)cc1. The lowest BCUT2D eigenvalue weighted by atomic mass is 10.2. The van der Waals surface area contributed by atoms with Gasteiger partial charge in [0, 0.05) is 37.4 Å². The van der Waals surface area contributed by atoms with Crippen LogP contribution >= 0.6 is 0 Å². The number of hydrogen-bond donors (Lipinski definition) is 0. The zero-order chi connectivity index (χ0) is 10.7. The van der Waals surface area contributed by atoms with Gasteiger partial charge in [-0.3, -0.25) is 0 Å². The summed E-state index contributed by atoms with van der Waals surface area (Å²) in [6.07, 6.45) is 5.53. The summed E-state index contributed by atoms with van der Waals surface area (Å²) in [4.78, 5) is 6.23. The Balaban J connectivity index is 2.25. The first-order valence-corrected chi connectivity index (χ1v) is 5.11. The fourth-order valence-electron chi connectivity index (χ4n) is 1.47. The molecule has 78 valence electrons. The van der Waals surface area contributed by atoms with Gasteiger partial charge < -0.3 is 9.47 Å². The molecule has 1 heterocycles. The quantitative estimate of drug-likeness (QED) is 0.760. The van der Waals surface area contributed by atoms with Gasteiger partial charge >= 0.3 is 0 Å². The van der Waals surface area contributed by atoms with E-state index in [9.17, 15) is 0 Å². The van der Waals surface area contributed by atoms with Crippen LogP contribution in [0.1, 0.15) is 6.92 Å². The van der Waals surface area contributed by atoms with E-state index in [0.29, 0.717) is 0 Å². The fourth-order valence-corrected chi connectivity index (χ4v) is 1.47. The van der Waals surface area contributed by atoms with Gasteiger partial charge in [0.2, 0.25) is 0 Å². The van der Waals surface area contributed by atoms with Crippen LogP contribution in [0, 0.1) is 0 Å². The second-order valence-corrected chi connectivity index (χ2v) is 3.50. The minimum Gasteiger partial charge on any atom is -0.375 e. The average Bonchev–Trinajstić information content (AvgIpc) is 2.82. The number of aromatic nitrogens is 2. The Morgan fingerprint density at radius 2 is 2.00 bits per heavy atom. The van der Waals surface area contributed by atoms with Gasteiger partial charge in [-0.25, -0.2) is 4.98 Å². The lowest BCUT2D eigenvalue weighted by molar-refractivity contribution is 0.965. The van der Waals surface area contributed by atoms with Crippen molar-refractivity contribution in [3.8, 4) is 5.69 Å². The van der Waals surface area contributed by atoms with Gasteiger partial charge in [0.25, 0.3) is 0 Å². The molecule has 0 unspecified atom stereocenters. The van der Waals surface area contributed by atoms with Gasteiger partial charge in [-0.1, -0.05) is 0 Å². The lowest BCUT2D eigenvalue weighted by Crippen LogP contribution is -2.15. The molecule has 15 heavy (non-hydrogen) atoms. The van der Waals surface area contributed by atoms with Crippen LogP contribution in [0.3, 0.4) is 0 Å². The Kier molecular flexibility index (Phi) is 2.72. The summed E-state index contributed by atoms with van der Waals surface area (Å²) in [5.41, 5.74) is 2.38. The normalized spacial score (nSPS) is 10.3. The van der Waals surface area contributed by atoms with Crippen molar-refractivity contribution in [1.82, 2.24) is 9.55 Å². The maximum Gasteiger partial charge on any atom is 0.0991 e. The highest BCUT2D eigenvalue weighted by atomic mass is 15.1. The zero-order valence-electron chi connectivity index (χ0n) is 9.09. The summed E-state index contributed by atoms with van der Waals surface area (Å²) in [5, 5.41) is 0. The van der Waals surface area contributed by atoms with Crippen LogP contribution in [0.5, 0.6) is 0 Å². The van der Waals surface area contributed by atoms with Crippen LogP contribution in [-0.2, 0) is 0 Å². The van der Waals surface area contributed by atoms with Crippen LogP contribution in [-0.4, -0.2) is 23.1 Å². The van der Waals surface area contributed by atoms with E-state index in [0.717, 1.165) is 12.2 Å². The van der Waals surface area contributed by atoms with Crippen LogP contribution < -0.4 is 4.90 Å². The number of hydrogen-bond acceptors (Lipinski definition) is 2. The first kappa shape index (κ1) is 9.77. The van der Waals surface area contributed by atoms with Crippen molar-refractivity contribution >= 4 is 5.69 Å². The molecule has 0 atom stereocenters. The highest BCUT2D eigenvalue weighted by molar-refractivity contribution is 5.50. The minimum absolute atomic E-state index is 1.02. The second kappa shape index (κ2) is 4.17. The Morgan fingerprint density at radius 1 is 1.27 bits per heavy atom. The number of benzene rings is 1. The van der Waals surface area contributed by atoms with Crippen molar-refractivity contribution in [2.75, 3.05) is 18.5 Å². The summed E-state index contributed by atoms with van der Waals surface area (Å²) in [6, 6.07) is 8.45.